The Kier molecular flexibility index (Phi) is 9.38. The zero-order valence-electron chi connectivity index (χ0n) is 12.9. The predicted octanol–water partition coefficient (Wildman–Crippen LogP) is 5.20. The number of hydrogen-bond acceptors (Lipinski definition) is 2. The summed E-state index contributed by atoms with van der Waals surface area (Å²) >= 11 is 1.24. The van der Waals surface area contributed by atoms with Crippen LogP contribution in [0.2, 0.25) is 3.43 Å². The van der Waals surface area contributed by atoms with E-state index in [1.165, 1.54) is 61.5 Å². The number of nitrogens with zero attached hydrogens (tertiary/aromatic N) is 1. The molecule has 0 unspecified atom stereocenters. The number of unbranched alkanes of at least 4 members (excludes halogenated alkanes) is 3. The van der Waals surface area contributed by atoms with Gasteiger partial charge in [0.25, 0.3) is 0 Å². The Bertz CT molecular complexity index is 289. The summed E-state index contributed by atoms with van der Waals surface area (Å²) in [5.41, 5.74) is 2.03. The van der Waals surface area contributed by atoms with Crippen LogP contribution in [0.1, 0.15) is 78.6 Å². The maximum absolute atomic E-state index is 4.62. The van der Waals surface area contributed by atoms with Crippen LogP contribution in [0.3, 0.4) is 0 Å². The van der Waals surface area contributed by atoms with Gasteiger partial charge in [-0.1, -0.05) is 0 Å². The second kappa shape index (κ2) is 10.2. The molecule has 0 aliphatic carbocycles. The molecular formula is C16H29NSSn. The Hall–Kier alpha value is 0.429. The summed E-state index contributed by atoms with van der Waals surface area (Å²) in [5.74, 6) is 0. The molecule has 0 fully saturated rings. The van der Waals surface area contributed by atoms with Crippen LogP contribution >= 0.6 is 11.3 Å². The average Bonchev–Trinajstić information content (AvgIpc) is 2.93. The monoisotopic (exact) mass is 387 g/mol. The third-order valence-corrected chi connectivity index (χ3v) is 10.2. The van der Waals surface area contributed by atoms with Gasteiger partial charge in [0.15, 0.2) is 0 Å². The minimum absolute atomic E-state index is 0.544. The van der Waals surface area contributed by atoms with E-state index >= 15 is 0 Å². The normalized spacial score (nSPS) is 11.9. The Morgan fingerprint density at radius 2 is 1.53 bits per heavy atom. The molecule has 0 saturated carbocycles. The summed E-state index contributed by atoms with van der Waals surface area (Å²) in [4.78, 5) is 4.62. The molecular weight excluding hydrogens is 357 g/mol. The van der Waals surface area contributed by atoms with Gasteiger partial charge in [0, 0.05) is 0 Å². The first-order valence-electron chi connectivity index (χ1n) is 7.92. The van der Waals surface area contributed by atoms with Crippen molar-refractivity contribution in [3.8, 4) is 0 Å². The van der Waals surface area contributed by atoms with Crippen molar-refractivity contribution in [1.82, 2.24) is 4.98 Å². The van der Waals surface area contributed by atoms with Gasteiger partial charge in [0.1, 0.15) is 0 Å². The van der Waals surface area contributed by atoms with Crippen LogP contribution in [0.15, 0.2) is 10.9 Å². The van der Waals surface area contributed by atoms with E-state index in [2.05, 4.69) is 31.1 Å². The topological polar surface area (TPSA) is 12.9 Å². The van der Waals surface area contributed by atoms with E-state index in [1.807, 2.05) is 5.51 Å². The van der Waals surface area contributed by atoms with Crippen LogP contribution in [-0.4, -0.2) is 26.1 Å². The number of hydrogen-bond donors (Lipinski definition) is 0. The summed E-state index contributed by atoms with van der Waals surface area (Å²) in [6.07, 6.45) is 12.7. The van der Waals surface area contributed by atoms with Crippen LogP contribution in [0, 0.1) is 0 Å². The van der Waals surface area contributed by atoms with E-state index in [9.17, 15) is 0 Å². The molecule has 108 valence electrons. The fourth-order valence-corrected chi connectivity index (χ4v) is 9.00. The molecule has 0 saturated heterocycles. The molecule has 19 heavy (non-hydrogen) atoms. The quantitative estimate of drug-likeness (QED) is 0.477. The SMILES string of the molecule is CCCC[C](CCCC)(CCCC)[Sn][c]1cscn1. The van der Waals surface area contributed by atoms with Gasteiger partial charge in [0.05, 0.1) is 0 Å². The van der Waals surface area contributed by atoms with E-state index in [1.54, 1.807) is 11.3 Å². The van der Waals surface area contributed by atoms with Crippen LogP contribution in [-0.2, 0) is 0 Å². The van der Waals surface area contributed by atoms with E-state index in [-0.39, 0.29) is 0 Å². The number of aromatic nitrogens is 1. The van der Waals surface area contributed by atoms with Crippen LogP contribution in [0.25, 0.3) is 0 Å². The molecule has 1 heterocycles. The van der Waals surface area contributed by atoms with Gasteiger partial charge < -0.3 is 0 Å². The predicted molar refractivity (Wildman–Crippen MR) is 88.8 cm³/mol. The van der Waals surface area contributed by atoms with E-state index in [0.29, 0.717) is 3.43 Å². The molecule has 1 nitrogen and oxygen atoms in total. The third-order valence-electron chi connectivity index (χ3n) is 3.85. The Morgan fingerprint density at radius 1 is 1.00 bits per heavy atom. The molecule has 1 aromatic heterocycles. The number of thiazole rings is 1. The average molecular weight is 386 g/mol. The van der Waals surface area contributed by atoms with Gasteiger partial charge in [-0.05, 0) is 0 Å². The van der Waals surface area contributed by atoms with Crippen molar-refractivity contribution in [2.45, 2.75) is 82.0 Å². The molecule has 0 aliphatic rings. The summed E-state index contributed by atoms with van der Waals surface area (Å²) < 4.78 is 2.19. The molecule has 1 aromatic rings. The Labute approximate surface area is 133 Å². The second-order valence-corrected chi connectivity index (χ2v) is 11.5. The van der Waals surface area contributed by atoms with Gasteiger partial charge in [0.2, 0.25) is 0 Å². The fourth-order valence-electron chi connectivity index (χ4n) is 2.65. The van der Waals surface area contributed by atoms with Gasteiger partial charge in [-0.3, -0.25) is 0 Å². The molecule has 0 amide bonds. The molecule has 0 atom stereocenters. The molecule has 0 spiro atoms. The van der Waals surface area contributed by atoms with E-state index in [0.717, 1.165) is 0 Å². The number of rotatable bonds is 11. The Balaban J connectivity index is 2.74. The van der Waals surface area contributed by atoms with Gasteiger partial charge in [-0.15, -0.1) is 0 Å². The summed E-state index contributed by atoms with van der Waals surface area (Å²) in [5, 5.41) is 2.32. The van der Waals surface area contributed by atoms with Gasteiger partial charge in [-0.25, -0.2) is 0 Å². The summed E-state index contributed by atoms with van der Waals surface area (Å²) in [6, 6.07) is 0. The summed E-state index contributed by atoms with van der Waals surface area (Å²) in [7, 11) is 0. The van der Waals surface area contributed by atoms with E-state index in [4.69, 9.17) is 0 Å². The third kappa shape index (κ3) is 6.61. The standard InChI is InChI=1S/C13H27.C3H2NS.Sn/c1-4-7-10-13(11-8-5-2)12-9-6-3;1-2-5-3-4-1;/h4-12H2,1-3H3;2-3H;. The van der Waals surface area contributed by atoms with E-state index < -0.39 is 21.1 Å². The van der Waals surface area contributed by atoms with Crippen LogP contribution in [0.5, 0.6) is 0 Å². The fraction of sp³-hybridized carbons (Fsp3) is 0.812. The zero-order valence-corrected chi connectivity index (χ0v) is 16.5. The zero-order chi connectivity index (χ0) is 14.0. The van der Waals surface area contributed by atoms with Crippen LogP contribution < -0.4 is 3.71 Å². The first kappa shape index (κ1) is 17.5. The van der Waals surface area contributed by atoms with Gasteiger partial charge >= 0.3 is 134 Å². The van der Waals surface area contributed by atoms with Crippen molar-refractivity contribution in [2.24, 2.45) is 0 Å². The Morgan fingerprint density at radius 3 is 1.89 bits per heavy atom. The molecule has 0 bridgehead atoms. The minimum atomic E-state index is -0.544. The summed E-state index contributed by atoms with van der Waals surface area (Å²) in [6.45, 7) is 6.99. The first-order chi connectivity index (χ1) is 9.26. The molecule has 0 aromatic carbocycles. The molecule has 0 aliphatic heterocycles. The molecule has 0 N–H and O–H groups in total. The van der Waals surface area contributed by atoms with Crippen molar-refractivity contribution in [2.75, 3.05) is 0 Å². The molecule has 1 rings (SSSR count). The first-order valence-corrected chi connectivity index (χ1v) is 11.7. The van der Waals surface area contributed by atoms with Gasteiger partial charge in [-0.2, -0.15) is 0 Å². The van der Waals surface area contributed by atoms with Crippen molar-refractivity contribution >= 4 is 36.2 Å². The van der Waals surface area contributed by atoms with Crippen molar-refractivity contribution < 1.29 is 0 Å². The van der Waals surface area contributed by atoms with Crippen LogP contribution in [0.4, 0.5) is 0 Å². The molecule has 2 radical (unpaired) electrons. The maximum atomic E-state index is 4.62. The molecule has 3 heteroatoms. The second-order valence-electron chi connectivity index (χ2n) is 5.59. The van der Waals surface area contributed by atoms with Crippen molar-refractivity contribution in [1.29, 1.82) is 0 Å². The van der Waals surface area contributed by atoms with Crippen molar-refractivity contribution in [3.05, 3.63) is 10.9 Å². The van der Waals surface area contributed by atoms with Crippen molar-refractivity contribution in [3.63, 3.8) is 0 Å².